The first kappa shape index (κ1) is 7.12. The van der Waals surface area contributed by atoms with Crippen molar-refractivity contribution in [2.45, 2.75) is 20.0 Å². The quantitative estimate of drug-likeness (QED) is 0.538. The smallest absolute Gasteiger partial charge is 0.190 e. The van der Waals surface area contributed by atoms with Gasteiger partial charge in [0.25, 0.3) is 0 Å². The summed E-state index contributed by atoms with van der Waals surface area (Å²) >= 11 is 0. The van der Waals surface area contributed by atoms with Crippen LogP contribution in [-0.2, 0) is 9.53 Å². The van der Waals surface area contributed by atoms with Crippen LogP contribution < -0.4 is 5.32 Å². The van der Waals surface area contributed by atoms with Crippen molar-refractivity contribution in [3.63, 3.8) is 0 Å². The maximum atomic E-state index is 10.5. The van der Waals surface area contributed by atoms with Crippen molar-refractivity contribution in [3.05, 3.63) is 12.0 Å². The Hall–Kier alpha value is -0.990. The molecule has 10 heavy (non-hydrogen) atoms. The Balaban J connectivity index is 2.51. The molecule has 0 radical (unpaired) electrons. The summed E-state index contributed by atoms with van der Waals surface area (Å²) in [4.78, 5) is 10.5. The summed E-state index contributed by atoms with van der Waals surface area (Å²) in [7, 11) is 0. The molecule has 3 heteroatoms. The van der Waals surface area contributed by atoms with Crippen LogP contribution in [-0.4, -0.2) is 18.4 Å². The number of hydrogen-bond donors (Lipinski definition) is 1. The molecular formula is C7H11NO2. The van der Waals surface area contributed by atoms with Crippen molar-refractivity contribution < 1.29 is 9.53 Å². The monoisotopic (exact) mass is 141 g/mol. The summed E-state index contributed by atoms with van der Waals surface area (Å²) in [6, 6.07) is 0. The van der Waals surface area contributed by atoms with E-state index in [1.807, 2.05) is 6.92 Å². The SMILES string of the molecule is CC(=O)C=C1NCC(C)O1. The number of carbonyl (C=O) groups excluding carboxylic acids is 1. The van der Waals surface area contributed by atoms with Gasteiger partial charge in [-0.2, -0.15) is 0 Å². The van der Waals surface area contributed by atoms with Gasteiger partial charge in [-0.25, -0.2) is 0 Å². The highest BCUT2D eigenvalue weighted by Gasteiger charge is 2.14. The van der Waals surface area contributed by atoms with Gasteiger partial charge in [0.2, 0.25) is 0 Å². The zero-order chi connectivity index (χ0) is 7.56. The second kappa shape index (κ2) is 2.73. The summed E-state index contributed by atoms with van der Waals surface area (Å²) < 4.78 is 5.20. The first-order valence-corrected chi connectivity index (χ1v) is 3.31. The molecule has 1 rings (SSSR count). The molecule has 0 aromatic rings. The lowest BCUT2D eigenvalue weighted by Crippen LogP contribution is -2.09. The number of rotatable bonds is 1. The van der Waals surface area contributed by atoms with Crippen LogP contribution in [0.25, 0.3) is 0 Å². The number of ether oxygens (including phenoxy) is 1. The van der Waals surface area contributed by atoms with E-state index in [2.05, 4.69) is 5.32 Å². The largest absolute Gasteiger partial charge is 0.474 e. The van der Waals surface area contributed by atoms with Gasteiger partial charge in [0.05, 0.1) is 6.54 Å². The fourth-order valence-electron chi connectivity index (χ4n) is 0.814. The minimum absolute atomic E-state index is 0.0107. The minimum atomic E-state index is 0.0107. The van der Waals surface area contributed by atoms with Gasteiger partial charge in [-0.05, 0) is 13.8 Å². The molecule has 0 aromatic carbocycles. The van der Waals surface area contributed by atoms with E-state index >= 15 is 0 Å². The summed E-state index contributed by atoms with van der Waals surface area (Å²) in [5.74, 6) is 0.608. The molecule has 56 valence electrons. The molecule has 1 aliphatic rings. The molecule has 0 aromatic heterocycles. The lowest BCUT2D eigenvalue weighted by molar-refractivity contribution is -0.112. The molecule has 1 N–H and O–H groups in total. The van der Waals surface area contributed by atoms with Crippen LogP contribution in [0.2, 0.25) is 0 Å². The number of ketones is 1. The third kappa shape index (κ3) is 1.76. The van der Waals surface area contributed by atoms with E-state index in [1.54, 1.807) is 0 Å². The van der Waals surface area contributed by atoms with Crippen LogP contribution in [0.5, 0.6) is 0 Å². The molecule has 0 saturated carbocycles. The Bertz CT molecular complexity index is 174. The zero-order valence-corrected chi connectivity index (χ0v) is 6.18. The van der Waals surface area contributed by atoms with Crippen LogP contribution in [0.3, 0.4) is 0 Å². The Morgan fingerprint density at radius 2 is 2.60 bits per heavy atom. The van der Waals surface area contributed by atoms with E-state index in [1.165, 1.54) is 13.0 Å². The maximum Gasteiger partial charge on any atom is 0.190 e. The van der Waals surface area contributed by atoms with Crippen molar-refractivity contribution in [2.24, 2.45) is 0 Å². The molecule has 1 unspecified atom stereocenters. The molecule has 1 fully saturated rings. The fourth-order valence-corrected chi connectivity index (χ4v) is 0.814. The highest BCUT2D eigenvalue weighted by Crippen LogP contribution is 2.06. The lowest BCUT2D eigenvalue weighted by atomic mass is 10.4. The number of carbonyl (C=O) groups is 1. The molecule has 1 aliphatic heterocycles. The molecule has 0 aliphatic carbocycles. The third-order valence-corrected chi connectivity index (χ3v) is 1.23. The van der Waals surface area contributed by atoms with E-state index in [9.17, 15) is 4.79 Å². The fraction of sp³-hybridized carbons (Fsp3) is 0.571. The molecule has 0 bridgehead atoms. The average Bonchev–Trinajstić information content (AvgIpc) is 2.13. The van der Waals surface area contributed by atoms with Crippen LogP contribution in [0, 0.1) is 0 Å². The lowest BCUT2D eigenvalue weighted by Gasteiger charge is -1.98. The molecule has 0 spiro atoms. The predicted molar refractivity (Wildman–Crippen MR) is 37.3 cm³/mol. The third-order valence-electron chi connectivity index (χ3n) is 1.23. The summed E-state index contributed by atoms with van der Waals surface area (Å²) in [5, 5.41) is 2.96. The van der Waals surface area contributed by atoms with E-state index in [0.29, 0.717) is 5.88 Å². The number of nitrogens with one attached hydrogen (secondary N) is 1. The average molecular weight is 141 g/mol. The van der Waals surface area contributed by atoms with Crippen molar-refractivity contribution in [1.82, 2.24) is 5.32 Å². The van der Waals surface area contributed by atoms with Gasteiger partial charge in [-0.15, -0.1) is 0 Å². The second-order valence-electron chi connectivity index (χ2n) is 2.43. The summed E-state index contributed by atoms with van der Waals surface area (Å²) in [5.41, 5.74) is 0. The predicted octanol–water partition coefficient (Wildman–Crippen LogP) is 0.425. The molecular weight excluding hydrogens is 130 g/mol. The van der Waals surface area contributed by atoms with Gasteiger partial charge in [0.15, 0.2) is 11.7 Å². The van der Waals surface area contributed by atoms with E-state index in [-0.39, 0.29) is 11.9 Å². The maximum absolute atomic E-state index is 10.5. The van der Waals surface area contributed by atoms with Gasteiger partial charge in [-0.3, -0.25) is 4.79 Å². The topological polar surface area (TPSA) is 38.3 Å². The molecule has 1 atom stereocenters. The summed E-state index contributed by atoms with van der Waals surface area (Å²) in [6.07, 6.45) is 1.65. The van der Waals surface area contributed by atoms with Crippen molar-refractivity contribution >= 4 is 5.78 Å². The normalized spacial score (nSPS) is 27.8. The highest BCUT2D eigenvalue weighted by molar-refractivity contribution is 5.87. The molecule has 1 saturated heterocycles. The van der Waals surface area contributed by atoms with Gasteiger partial charge >= 0.3 is 0 Å². The Morgan fingerprint density at radius 3 is 3.00 bits per heavy atom. The standard InChI is InChI=1S/C7H11NO2/c1-5(9)3-7-8-4-6(2)10-7/h3,6,8H,4H2,1-2H3. The van der Waals surface area contributed by atoms with Crippen LogP contribution in [0.1, 0.15) is 13.8 Å². The Morgan fingerprint density at radius 1 is 1.90 bits per heavy atom. The van der Waals surface area contributed by atoms with Crippen LogP contribution in [0.4, 0.5) is 0 Å². The van der Waals surface area contributed by atoms with E-state index in [0.717, 1.165) is 6.54 Å². The highest BCUT2D eigenvalue weighted by atomic mass is 16.5. The zero-order valence-electron chi connectivity index (χ0n) is 6.18. The first-order valence-electron chi connectivity index (χ1n) is 3.31. The van der Waals surface area contributed by atoms with E-state index in [4.69, 9.17) is 4.74 Å². The van der Waals surface area contributed by atoms with Crippen molar-refractivity contribution in [3.8, 4) is 0 Å². The number of hydrogen-bond acceptors (Lipinski definition) is 3. The molecule has 3 nitrogen and oxygen atoms in total. The Kier molecular flexibility index (Phi) is 1.94. The van der Waals surface area contributed by atoms with Gasteiger partial charge in [0.1, 0.15) is 6.10 Å². The summed E-state index contributed by atoms with van der Waals surface area (Å²) in [6.45, 7) is 4.24. The van der Waals surface area contributed by atoms with Crippen molar-refractivity contribution in [2.75, 3.05) is 6.54 Å². The minimum Gasteiger partial charge on any atom is -0.474 e. The first-order chi connectivity index (χ1) is 4.68. The van der Waals surface area contributed by atoms with Crippen LogP contribution in [0.15, 0.2) is 12.0 Å². The second-order valence-corrected chi connectivity index (χ2v) is 2.43. The Labute approximate surface area is 60.1 Å². The van der Waals surface area contributed by atoms with Gasteiger partial charge < -0.3 is 10.1 Å². The molecule has 0 amide bonds. The van der Waals surface area contributed by atoms with Crippen LogP contribution >= 0.6 is 0 Å². The van der Waals surface area contributed by atoms with Gasteiger partial charge in [-0.1, -0.05) is 0 Å². The van der Waals surface area contributed by atoms with E-state index < -0.39 is 0 Å². The molecule has 1 heterocycles. The van der Waals surface area contributed by atoms with Crippen molar-refractivity contribution in [1.29, 1.82) is 0 Å². The number of allylic oxidation sites excluding steroid dienone is 1. The van der Waals surface area contributed by atoms with Gasteiger partial charge in [0, 0.05) is 6.08 Å².